The molecule has 1 fully saturated rings. The van der Waals surface area contributed by atoms with Crippen LogP contribution in [0.4, 0.5) is 0 Å². The molecule has 6 nitrogen and oxygen atoms in total. The van der Waals surface area contributed by atoms with Gasteiger partial charge in [0.25, 0.3) is 0 Å². The lowest BCUT2D eigenvalue weighted by molar-refractivity contribution is 0.193. The average molecular weight is 362 g/mol. The summed E-state index contributed by atoms with van der Waals surface area (Å²) in [4.78, 5) is 20.5. The molecule has 0 spiro atoms. The van der Waals surface area contributed by atoms with Crippen molar-refractivity contribution in [2.45, 2.75) is 45.2 Å². The Balaban J connectivity index is 1.43. The van der Waals surface area contributed by atoms with Crippen molar-refractivity contribution in [3.63, 3.8) is 0 Å². The molecule has 0 radical (unpaired) electrons. The molecule has 0 N–H and O–H groups in total. The Labute approximate surface area is 160 Å². The summed E-state index contributed by atoms with van der Waals surface area (Å²) >= 11 is 0. The zero-order chi connectivity index (χ0) is 18.6. The molecule has 3 aromatic heterocycles. The van der Waals surface area contributed by atoms with E-state index in [1.807, 2.05) is 36.8 Å². The van der Waals surface area contributed by atoms with Crippen molar-refractivity contribution in [1.82, 2.24) is 29.4 Å². The number of aromatic nitrogens is 5. The van der Waals surface area contributed by atoms with Crippen molar-refractivity contribution < 1.29 is 0 Å². The molecule has 27 heavy (non-hydrogen) atoms. The minimum atomic E-state index is 0.449. The van der Waals surface area contributed by atoms with Crippen molar-refractivity contribution >= 4 is 0 Å². The standard InChI is InChI=1S/C21H26N6/c1-16(2)27-11-9-23-21(27)18-6-5-10-26(15-18)14-17-12-24-20(25-13-17)19-7-3-4-8-22-19/h3-4,7-9,11-13,16,18H,5-6,10,14-15H2,1-2H3/t18-/m1/s1. The Hall–Kier alpha value is -2.60. The summed E-state index contributed by atoms with van der Waals surface area (Å²) in [5.41, 5.74) is 1.95. The van der Waals surface area contributed by atoms with Crippen LogP contribution in [0.15, 0.2) is 49.2 Å². The van der Waals surface area contributed by atoms with Crippen LogP contribution in [0.5, 0.6) is 0 Å². The summed E-state index contributed by atoms with van der Waals surface area (Å²) in [5, 5.41) is 0. The quantitative estimate of drug-likeness (QED) is 0.693. The van der Waals surface area contributed by atoms with Crippen LogP contribution in [0.1, 0.15) is 50.0 Å². The number of hydrogen-bond acceptors (Lipinski definition) is 5. The van der Waals surface area contributed by atoms with Crippen LogP contribution in [0.2, 0.25) is 0 Å². The lowest BCUT2D eigenvalue weighted by atomic mass is 9.96. The lowest BCUT2D eigenvalue weighted by Gasteiger charge is -2.33. The van der Waals surface area contributed by atoms with Gasteiger partial charge in [0.2, 0.25) is 0 Å². The summed E-state index contributed by atoms with van der Waals surface area (Å²) in [6, 6.07) is 6.23. The van der Waals surface area contributed by atoms with E-state index in [-0.39, 0.29) is 0 Å². The fraction of sp³-hybridized carbons (Fsp3) is 0.429. The molecular weight excluding hydrogens is 336 g/mol. The van der Waals surface area contributed by atoms with Gasteiger partial charge in [-0.05, 0) is 45.4 Å². The monoisotopic (exact) mass is 362 g/mol. The van der Waals surface area contributed by atoms with E-state index in [1.165, 1.54) is 18.7 Å². The minimum Gasteiger partial charge on any atom is -0.332 e. The summed E-state index contributed by atoms with van der Waals surface area (Å²) in [5.74, 6) is 2.39. The normalized spacial score (nSPS) is 18.1. The zero-order valence-corrected chi connectivity index (χ0v) is 16.0. The van der Waals surface area contributed by atoms with E-state index in [0.717, 1.165) is 30.9 Å². The number of piperidine rings is 1. The molecule has 1 saturated heterocycles. The van der Waals surface area contributed by atoms with Crippen molar-refractivity contribution in [3.8, 4) is 11.5 Å². The van der Waals surface area contributed by atoms with E-state index < -0.39 is 0 Å². The lowest BCUT2D eigenvalue weighted by Crippen LogP contribution is -2.35. The van der Waals surface area contributed by atoms with Gasteiger partial charge >= 0.3 is 0 Å². The van der Waals surface area contributed by atoms with E-state index in [9.17, 15) is 0 Å². The van der Waals surface area contributed by atoms with Crippen molar-refractivity contribution in [2.75, 3.05) is 13.1 Å². The molecule has 0 amide bonds. The molecule has 1 aliphatic heterocycles. The number of hydrogen-bond donors (Lipinski definition) is 0. The van der Waals surface area contributed by atoms with Crippen molar-refractivity contribution in [2.24, 2.45) is 0 Å². The minimum absolute atomic E-state index is 0.449. The fourth-order valence-corrected chi connectivity index (χ4v) is 3.81. The van der Waals surface area contributed by atoms with Crippen molar-refractivity contribution in [3.05, 3.63) is 60.6 Å². The molecule has 1 atom stereocenters. The van der Waals surface area contributed by atoms with Crippen LogP contribution in [-0.2, 0) is 6.54 Å². The topological polar surface area (TPSA) is 59.7 Å². The maximum atomic E-state index is 4.65. The van der Waals surface area contributed by atoms with Crippen LogP contribution >= 0.6 is 0 Å². The van der Waals surface area contributed by atoms with E-state index in [2.05, 4.69) is 49.4 Å². The summed E-state index contributed by atoms with van der Waals surface area (Å²) in [6.45, 7) is 7.45. The molecule has 0 unspecified atom stereocenters. The number of imidazole rings is 1. The second-order valence-corrected chi connectivity index (χ2v) is 7.49. The highest BCUT2D eigenvalue weighted by Gasteiger charge is 2.25. The number of rotatable bonds is 5. The molecular formula is C21H26N6. The molecule has 6 heteroatoms. The van der Waals surface area contributed by atoms with E-state index in [1.54, 1.807) is 6.20 Å². The second-order valence-electron chi connectivity index (χ2n) is 7.49. The molecule has 0 saturated carbocycles. The van der Waals surface area contributed by atoms with Gasteiger partial charge in [-0.25, -0.2) is 15.0 Å². The Morgan fingerprint density at radius 2 is 1.93 bits per heavy atom. The van der Waals surface area contributed by atoms with Gasteiger partial charge in [0.15, 0.2) is 5.82 Å². The summed E-state index contributed by atoms with van der Waals surface area (Å²) < 4.78 is 2.30. The van der Waals surface area contributed by atoms with E-state index >= 15 is 0 Å². The van der Waals surface area contributed by atoms with Gasteiger partial charge in [-0.1, -0.05) is 6.07 Å². The van der Waals surface area contributed by atoms with Crippen LogP contribution in [-0.4, -0.2) is 42.5 Å². The molecule has 4 rings (SSSR count). The Kier molecular flexibility index (Phi) is 5.25. The third-order valence-corrected chi connectivity index (χ3v) is 5.13. The van der Waals surface area contributed by atoms with E-state index in [4.69, 9.17) is 0 Å². The molecule has 1 aliphatic rings. The van der Waals surface area contributed by atoms with Gasteiger partial charge in [0, 0.05) is 61.6 Å². The SMILES string of the molecule is CC(C)n1ccnc1[C@@H]1CCCN(Cc2cnc(-c3ccccn3)nc2)C1. The first-order chi connectivity index (χ1) is 13.2. The maximum absolute atomic E-state index is 4.65. The Morgan fingerprint density at radius 1 is 1.07 bits per heavy atom. The van der Waals surface area contributed by atoms with Gasteiger partial charge in [-0.3, -0.25) is 9.88 Å². The van der Waals surface area contributed by atoms with Gasteiger partial charge in [-0.15, -0.1) is 0 Å². The summed E-state index contributed by atoms with van der Waals surface area (Å²) in [7, 11) is 0. The zero-order valence-electron chi connectivity index (χ0n) is 16.0. The fourth-order valence-electron chi connectivity index (χ4n) is 3.81. The third kappa shape index (κ3) is 4.06. The molecule has 0 aromatic carbocycles. The van der Waals surface area contributed by atoms with Gasteiger partial charge in [0.1, 0.15) is 11.5 Å². The predicted octanol–water partition coefficient (Wildman–Crippen LogP) is 3.70. The average Bonchev–Trinajstić information content (AvgIpc) is 3.20. The van der Waals surface area contributed by atoms with Crippen LogP contribution in [0.25, 0.3) is 11.5 Å². The number of likely N-dealkylation sites (tertiary alicyclic amines) is 1. The molecule has 140 valence electrons. The molecule has 0 aliphatic carbocycles. The van der Waals surface area contributed by atoms with Crippen LogP contribution in [0, 0.1) is 0 Å². The van der Waals surface area contributed by atoms with Crippen molar-refractivity contribution in [1.29, 1.82) is 0 Å². The highest BCUT2D eigenvalue weighted by atomic mass is 15.2. The number of pyridine rings is 1. The first kappa shape index (κ1) is 17.8. The Morgan fingerprint density at radius 3 is 2.67 bits per heavy atom. The third-order valence-electron chi connectivity index (χ3n) is 5.13. The summed E-state index contributed by atoms with van der Waals surface area (Å²) in [6.07, 6.45) is 12.0. The first-order valence-corrected chi connectivity index (χ1v) is 9.68. The van der Waals surface area contributed by atoms with Gasteiger partial charge in [0.05, 0.1) is 0 Å². The Bertz CT molecular complexity index is 856. The molecule has 4 heterocycles. The number of nitrogens with zero attached hydrogens (tertiary/aromatic N) is 6. The van der Waals surface area contributed by atoms with Crippen LogP contribution in [0.3, 0.4) is 0 Å². The molecule has 0 bridgehead atoms. The predicted molar refractivity (Wildman–Crippen MR) is 105 cm³/mol. The van der Waals surface area contributed by atoms with Gasteiger partial charge < -0.3 is 4.57 Å². The molecule has 3 aromatic rings. The second kappa shape index (κ2) is 7.96. The highest BCUT2D eigenvalue weighted by Crippen LogP contribution is 2.28. The largest absolute Gasteiger partial charge is 0.332 e. The van der Waals surface area contributed by atoms with Gasteiger partial charge in [-0.2, -0.15) is 0 Å². The highest BCUT2D eigenvalue weighted by molar-refractivity contribution is 5.47. The van der Waals surface area contributed by atoms with Crippen LogP contribution < -0.4 is 0 Å². The first-order valence-electron chi connectivity index (χ1n) is 9.68. The maximum Gasteiger partial charge on any atom is 0.178 e. The smallest absolute Gasteiger partial charge is 0.178 e. The van der Waals surface area contributed by atoms with E-state index in [0.29, 0.717) is 17.8 Å².